The van der Waals surface area contributed by atoms with E-state index >= 15 is 0 Å². The van der Waals surface area contributed by atoms with E-state index in [1.165, 1.54) is 40.9 Å². The van der Waals surface area contributed by atoms with E-state index in [1.54, 1.807) is 11.9 Å². The summed E-state index contributed by atoms with van der Waals surface area (Å²) < 4.78 is 0. The molecule has 0 spiro atoms. The first-order valence-electron chi connectivity index (χ1n) is 10.4. The number of oxime groups is 1. The van der Waals surface area contributed by atoms with E-state index < -0.39 is 29.2 Å². The minimum atomic E-state index is -1.23. The molecule has 2 amide bonds. The van der Waals surface area contributed by atoms with Crippen LogP contribution in [0.15, 0.2) is 26.8 Å². The number of amides is 2. The Bertz CT molecular complexity index is 1210. The van der Waals surface area contributed by atoms with E-state index in [4.69, 9.17) is 21.7 Å². The first-order chi connectivity index (χ1) is 17.1. The molecule has 3 atom stereocenters. The lowest BCUT2D eigenvalue weighted by Gasteiger charge is -2.49. The second-order valence-electron chi connectivity index (χ2n) is 7.81. The number of nitrogen functional groups attached to an aromatic ring is 1. The predicted molar refractivity (Wildman–Crippen MR) is 138 cm³/mol. The van der Waals surface area contributed by atoms with Crippen molar-refractivity contribution >= 4 is 74.5 Å². The molecule has 4 rings (SSSR count). The number of aromatic nitrogens is 1. The number of guanidine groups is 1. The van der Waals surface area contributed by atoms with E-state index in [-0.39, 0.29) is 40.1 Å². The summed E-state index contributed by atoms with van der Waals surface area (Å²) in [6.07, 6.45) is 0.0472. The highest BCUT2D eigenvalue weighted by atomic mass is 32.2. The number of aliphatic carboxylic acids is 1. The van der Waals surface area contributed by atoms with Crippen LogP contribution in [-0.4, -0.2) is 97.6 Å². The van der Waals surface area contributed by atoms with Crippen molar-refractivity contribution < 1.29 is 24.3 Å². The molecule has 3 aliphatic heterocycles. The van der Waals surface area contributed by atoms with Crippen molar-refractivity contribution in [3.63, 3.8) is 0 Å². The van der Waals surface area contributed by atoms with Gasteiger partial charge in [-0.2, -0.15) is 0 Å². The molecule has 1 fully saturated rings. The Balaban J connectivity index is 1.47. The number of aliphatic imine (C=N–C) groups is 1. The maximum absolute atomic E-state index is 13.0. The summed E-state index contributed by atoms with van der Waals surface area (Å²) in [5.41, 5.74) is 12.1. The van der Waals surface area contributed by atoms with Gasteiger partial charge in [0.05, 0.1) is 11.2 Å². The molecular weight excluding hydrogens is 530 g/mol. The molecule has 2 unspecified atom stereocenters. The normalized spacial score (nSPS) is 24.2. The molecule has 7 N–H and O–H groups in total. The zero-order chi connectivity index (χ0) is 26.1. The van der Waals surface area contributed by atoms with Crippen LogP contribution in [0.3, 0.4) is 0 Å². The van der Waals surface area contributed by atoms with Gasteiger partial charge in [-0.05, 0) is 5.57 Å². The number of nitrogens with two attached hydrogens (primary N) is 2. The van der Waals surface area contributed by atoms with Gasteiger partial charge in [-0.15, -0.1) is 34.9 Å². The zero-order valence-electron chi connectivity index (χ0n) is 19.1. The highest BCUT2D eigenvalue weighted by Crippen LogP contribution is 2.41. The van der Waals surface area contributed by atoms with Crippen LogP contribution in [0.25, 0.3) is 0 Å². The Hall–Kier alpha value is -3.15. The maximum atomic E-state index is 13.0. The molecule has 3 aliphatic rings. The minimum Gasteiger partial charge on any atom is -0.477 e. The summed E-state index contributed by atoms with van der Waals surface area (Å²) in [6, 6.07) is -0.944. The van der Waals surface area contributed by atoms with Gasteiger partial charge in [0.15, 0.2) is 10.8 Å². The van der Waals surface area contributed by atoms with E-state index in [0.717, 1.165) is 11.3 Å². The molecule has 1 aromatic heterocycles. The van der Waals surface area contributed by atoms with Crippen molar-refractivity contribution in [3.05, 3.63) is 22.3 Å². The number of fused-ring (bicyclic) bond motifs is 1. The number of carboxylic acids is 1. The largest absolute Gasteiger partial charge is 0.477 e. The number of carbonyl (C=O) groups excluding carboxylic acids is 2. The summed E-state index contributed by atoms with van der Waals surface area (Å²) in [7, 11) is 2.95. The van der Waals surface area contributed by atoms with Crippen LogP contribution in [-0.2, 0) is 19.2 Å². The van der Waals surface area contributed by atoms with Gasteiger partial charge < -0.3 is 31.6 Å². The smallest absolute Gasteiger partial charge is 0.352 e. The summed E-state index contributed by atoms with van der Waals surface area (Å²) in [5.74, 6) is -1.82. The van der Waals surface area contributed by atoms with Crippen LogP contribution in [0.2, 0.25) is 0 Å². The standard InChI is InChI=1S/C19H23N9O5S3/c1-27-9(20)3-10(24-18(27)21)34-4-7-5-35-16-12(15(30)28(16)13(7)17(31)32)25-14(29)11(26-33-2)8-6-36-19(22)23-8/h6,9,12,16,21H,3-5,20H2,1-2H3,(H2,22,23)(H,25,29)(H,31,32)/t9?,12?,16-/m0/s1. The van der Waals surface area contributed by atoms with Gasteiger partial charge in [-0.25, -0.2) is 14.8 Å². The molecule has 1 aromatic rings. The number of anilines is 1. The summed E-state index contributed by atoms with van der Waals surface area (Å²) in [5, 5.41) is 25.9. The third-order valence-corrected chi connectivity index (χ3v) is 8.66. The minimum absolute atomic E-state index is 0.0370. The zero-order valence-corrected chi connectivity index (χ0v) is 21.6. The molecule has 0 bridgehead atoms. The Labute approximate surface area is 217 Å². The number of hydrogen-bond acceptors (Lipinski definition) is 12. The highest BCUT2D eigenvalue weighted by Gasteiger charge is 2.54. The number of hydrogen-bond donors (Lipinski definition) is 5. The summed E-state index contributed by atoms with van der Waals surface area (Å²) >= 11 is 3.76. The number of nitrogens with one attached hydrogen (secondary N) is 2. The van der Waals surface area contributed by atoms with Gasteiger partial charge in [0.25, 0.3) is 11.8 Å². The van der Waals surface area contributed by atoms with E-state index in [1.807, 2.05) is 0 Å². The molecule has 0 aliphatic carbocycles. The highest BCUT2D eigenvalue weighted by molar-refractivity contribution is 8.14. The Morgan fingerprint density at radius 2 is 2.22 bits per heavy atom. The molecule has 0 aromatic carbocycles. The number of rotatable bonds is 7. The average Bonchev–Trinajstić information content (AvgIpc) is 3.27. The molecule has 14 nitrogen and oxygen atoms in total. The first kappa shape index (κ1) is 25.9. The predicted octanol–water partition coefficient (Wildman–Crippen LogP) is -0.499. The third kappa shape index (κ3) is 4.91. The van der Waals surface area contributed by atoms with Gasteiger partial charge in [0, 0.05) is 30.4 Å². The number of β-lactam (4-membered cyclic amide) rings is 1. The number of thiazole rings is 1. The molecule has 192 valence electrons. The molecule has 0 saturated carbocycles. The average molecular weight is 554 g/mol. The topological polar surface area (TPSA) is 213 Å². The van der Waals surface area contributed by atoms with Crippen molar-refractivity contribution in [3.8, 4) is 0 Å². The number of thioether (sulfide) groups is 2. The molecular formula is C19H23N9O5S3. The quantitative estimate of drug-likeness (QED) is 0.165. The second-order valence-corrected chi connectivity index (χ2v) is 10.9. The summed E-state index contributed by atoms with van der Waals surface area (Å²) in [4.78, 5) is 53.6. The monoisotopic (exact) mass is 553 g/mol. The fourth-order valence-electron chi connectivity index (χ4n) is 3.67. The van der Waals surface area contributed by atoms with Gasteiger partial charge in [-0.1, -0.05) is 5.16 Å². The second kappa shape index (κ2) is 10.5. The van der Waals surface area contributed by atoms with Crippen molar-refractivity contribution in [2.24, 2.45) is 15.9 Å². The van der Waals surface area contributed by atoms with Crippen molar-refractivity contribution in [2.75, 3.05) is 31.4 Å². The number of carbonyl (C=O) groups is 3. The van der Waals surface area contributed by atoms with Crippen LogP contribution >= 0.6 is 34.9 Å². The number of carboxylic acid groups (broad SMARTS) is 1. The van der Waals surface area contributed by atoms with Crippen LogP contribution in [0.1, 0.15) is 12.1 Å². The number of nitrogens with zero attached hydrogens (tertiary/aromatic N) is 5. The van der Waals surface area contributed by atoms with Crippen molar-refractivity contribution in [1.29, 1.82) is 5.41 Å². The van der Waals surface area contributed by atoms with Crippen LogP contribution in [0, 0.1) is 5.41 Å². The van der Waals surface area contributed by atoms with Gasteiger partial charge in [-0.3, -0.25) is 19.9 Å². The van der Waals surface area contributed by atoms with Gasteiger partial charge in [0.1, 0.15) is 29.9 Å². The molecule has 4 heterocycles. The van der Waals surface area contributed by atoms with Crippen molar-refractivity contribution in [2.45, 2.75) is 24.0 Å². The SMILES string of the molecule is CON=C(C(=O)NC1C(=O)N2C(C(=O)O)=C(CSC3=NC(=N)N(C)C(N)C3)CS[C@@H]12)c1csc(N)n1. The maximum Gasteiger partial charge on any atom is 0.352 e. The lowest BCUT2D eigenvalue weighted by atomic mass is 10.0. The van der Waals surface area contributed by atoms with Crippen LogP contribution in [0.5, 0.6) is 0 Å². The molecule has 17 heteroatoms. The third-order valence-electron chi connectivity index (χ3n) is 5.56. The first-order valence-corrected chi connectivity index (χ1v) is 13.3. The Morgan fingerprint density at radius 3 is 2.83 bits per heavy atom. The van der Waals surface area contributed by atoms with E-state index in [0.29, 0.717) is 22.8 Å². The molecule has 36 heavy (non-hydrogen) atoms. The molecule has 0 radical (unpaired) electrons. The Kier molecular flexibility index (Phi) is 7.53. The Morgan fingerprint density at radius 1 is 1.47 bits per heavy atom. The van der Waals surface area contributed by atoms with Crippen LogP contribution < -0.4 is 16.8 Å². The lowest BCUT2D eigenvalue weighted by molar-refractivity contribution is -0.150. The summed E-state index contributed by atoms with van der Waals surface area (Å²) in [6.45, 7) is 0. The van der Waals surface area contributed by atoms with Crippen LogP contribution in [0.4, 0.5) is 5.13 Å². The lowest BCUT2D eigenvalue weighted by Crippen LogP contribution is -2.71. The van der Waals surface area contributed by atoms with Crippen molar-refractivity contribution in [1.82, 2.24) is 20.1 Å². The molecule has 1 saturated heterocycles. The van der Waals surface area contributed by atoms with E-state index in [9.17, 15) is 19.5 Å². The van der Waals surface area contributed by atoms with Gasteiger partial charge in [0.2, 0.25) is 5.96 Å². The van der Waals surface area contributed by atoms with Gasteiger partial charge >= 0.3 is 5.97 Å². The fraction of sp³-hybridized carbons (Fsp3) is 0.421. The fourth-order valence-corrected chi connectivity index (χ4v) is 6.72. The van der Waals surface area contributed by atoms with E-state index in [2.05, 4.69) is 20.4 Å².